The number of hydrogen-bond donors (Lipinski definition) is 1. The lowest BCUT2D eigenvalue weighted by Crippen LogP contribution is -1.95. The first-order valence-corrected chi connectivity index (χ1v) is 5.41. The van der Waals surface area contributed by atoms with E-state index in [4.69, 9.17) is 9.84 Å². The molecule has 1 aromatic heterocycles. The number of aliphatic hydroxyl groups is 1. The summed E-state index contributed by atoms with van der Waals surface area (Å²) in [5.74, 6) is 0.859. The lowest BCUT2D eigenvalue weighted by Gasteiger charge is -2.01. The van der Waals surface area contributed by atoms with Gasteiger partial charge in [-0.25, -0.2) is 0 Å². The smallest absolute Gasteiger partial charge is 0.119 e. The van der Waals surface area contributed by atoms with Crippen LogP contribution in [0.3, 0.4) is 0 Å². The maximum Gasteiger partial charge on any atom is 0.119 e. The molecule has 0 aliphatic heterocycles. The van der Waals surface area contributed by atoms with Gasteiger partial charge >= 0.3 is 0 Å². The average Bonchev–Trinajstić information content (AvgIpc) is 2.54. The number of ether oxygens (including phenoxy) is 1. The van der Waals surface area contributed by atoms with Crippen molar-refractivity contribution < 1.29 is 9.84 Å². The first kappa shape index (κ1) is 11.0. The maximum atomic E-state index is 9.10. The Labute approximate surface area is 95.3 Å². The molecule has 0 saturated heterocycles. The Balaban J connectivity index is 2.70. The Morgan fingerprint density at radius 3 is 2.75 bits per heavy atom. The highest BCUT2D eigenvalue weighted by atomic mass is 16.5. The van der Waals surface area contributed by atoms with E-state index < -0.39 is 0 Å². The number of methoxy groups -OCH3 is 1. The molecule has 0 saturated carbocycles. The van der Waals surface area contributed by atoms with Crippen LogP contribution in [-0.4, -0.2) is 23.4 Å². The van der Waals surface area contributed by atoms with Crippen molar-refractivity contribution in [2.45, 2.75) is 13.3 Å². The third-order valence-corrected chi connectivity index (χ3v) is 3.19. The van der Waals surface area contributed by atoms with Gasteiger partial charge in [0.1, 0.15) is 5.75 Å². The van der Waals surface area contributed by atoms with Gasteiger partial charge in [-0.05, 0) is 37.1 Å². The summed E-state index contributed by atoms with van der Waals surface area (Å²) < 4.78 is 7.39. The first-order valence-electron chi connectivity index (χ1n) is 5.41. The van der Waals surface area contributed by atoms with Gasteiger partial charge < -0.3 is 14.4 Å². The summed E-state index contributed by atoms with van der Waals surface area (Å²) in [6.45, 7) is 2.26. The molecule has 0 fully saturated rings. The lowest BCUT2D eigenvalue weighted by molar-refractivity contribution is 0.299. The number of benzene rings is 1. The van der Waals surface area contributed by atoms with Gasteiger partial charge in [-0.1, -0.05) is 0 Å². The van der Waals surface area contributed by atoms with Crippen LogP contribution in [0.1, 0.15) is 11.3 Å². The Kier molecular flexibility index (Phi) is 2.88. The molecule has 3 nitrogen and oxygen atoms in total. The molecule has 2 aromatic rings. The molecule has 86 valence electrons. The van der Waals surface area contributed by atoms with Crippen molar-refractivity contribution in [1.82, 2.24) is 4.57 Å². The summed E-state index contributed by atoms with van der Waals surface area (Å²) in [6.07, 6.45) is 0.691. The number of rotatable bonds is 3. The lowest BCUT2D eigenvalue weighted by atomic mass is 10.1. The molecule has 0 bridgehead atoms. The van der Waals surface area contributed by atoms with Crippen LogP contribution in [0.2, 0.25) is 0 Å². The predicted octanol–water partition coefficient (Wildman–Crippen LogP) is 2.03. The summed E-state index contributed by atoms with van der Waals surface area (Å²) in [5.41, 5.74) is 3.60. The molecule has 0 spiro atoms. The molecule has 0 radical (unpaired) electrons. The number of aliphatic hydroxyl groups excluding tert-OH is 1. The minimum atomic E-state index is 0.178. The van der Waals surface area contributed by atoms with E-state index in [1.54, 1.807) is 7.11 Å². The van der Waals surface area contributed by atoms with Crippen molar-refractivity contribution >= 4 is 10.9 Å². The van der Waals surface area contributed by atoms with E-state index in [0.717, 1.165) is 5.75 Å². The van der Waals surface area contributed by atoms with E-state index >= 15 is 0 Å². The normalized spacial score (nSPS) is 11.0. The van der Waals surface area contributed by atoms with Crippen LogP contribution in [0, 0.1) is 6.92 Å². The van der Waals surface area contributed by atoms with Gasteiger partial charge in [-0.15, -0.1) is 0 Å². The standard InChI is InChI=1S/C13H17NO2/c1-9-11(6-7-15)12-8-10(16-3)4-5-13(12)14(9)2/h4-5,8,15H,6-7H2,1-3H3. The van der Waals surface area contributed by atoms with Gasteiger partial charge in [0.2, 0.25) is 0 Å². The maximum absolute atomic E-state index is 9.10. The monoisotopic (exact) mass is 219 g/mol. The zero-order valence-corrected chi connectivity index (χ0v) is 9.95. The molecule has 0 atom stereocenters. The summed E-state index contributed by atoms with van der Waals surface area (Å²) in [4.78, 5) is 0. The Morgan fingerprint density at radius 1 is 1.38 bits per heavy atom. The van der Waals surface area contributed by atoms with Crippen LogP contribution >= 0.6 is 0 Å². The molecule has 0 aliphatic carbocycles. The van der Waals surface area contributed by atoms with E-state index in [0.29, 0.717) is 6.42 Å². The third kappa shape index (κ3) is 1.57. The second-order valence-electron chi connectivity index (χ2n) is 3.98. The number of nitrogens with zero attached hydrogens (tertiary/aromatic N) is 1. The molecule has 16 heavy (non-hydrogen) atoms. The van der Waals surface area contributed by atoms with E-state index in [1.807, 2.05) is 19.2 Å². The van der Waals surface area contributed by atoms with Gasteiger partial charge in [0.05, 0.1) is 7.11 Å². The molecule has 0 aliphatic rings. The molecular formula is C13H17NO2. The van der Waals surface area contributed by atoms with Crippen molar-refractivity contribution in [2.75, 3.05) is 13.7 Å². The summed E-state index contributed by atoms with van der Waals surface area (Å²) in [6, 6.07) is 6.06. The molecular weight excluding hydrogens is 202 g/mol. The summed E-state index contributed by atoms with van der Waals surface area (Å²) >= 11 is 0. The SMILES string of the molecule is COc1ccc2c(c1)c(CCO)c(C)n2C. The van der Waals surface area contributed by atoms with E-state index in [1.165, 1.54) is 22.2 Å². The first-order chi connectivity index (χ1) is 7.69. The van der Waals surface area contributed by atoms with Crippen molar-refractivity contribution in [3.05, 3.63) is 29.5 Å². The van der Waals surface area contributed by atoms with Crippen LogP contribution in [0.15, 0.2) is 18.2 Å². The number of aryl methyl sites for hydroxylation is 1. The van der Waals surface area contributed by atoms with Crippen LogP contribution in [0.25, 0.3) is 10.9 Å². The number of fused-ring (bicyclic) bond motifs is 1. The largest absolute Gasteiger partial charge is 0.497 e. The number of aromatic nitrogens is 1. The Morgan fingerprint density at radius 2 is 2.12 bits per heavy atom. The summed E-state index contributed by atoms with van der Waals surface area (Å²) in [7, 11) is 3.72. The van der Waals surface area contributed by atoms with Gasteiger partial charge in [-0.2, -0.15) is 0 Å². The van der Waals surface area contributed by atoms with Gasteiger partial charge in [-0.3, -0.25) is 0 Å². The second-order valence-corrected chi connectivity index (χ2v) is 3.98. The zero-order valence-electron chi connectivity index (χ0n) is 9.95. The van der Waals surface area contributed by atoms with E-state index in [2.05, 4.69) is 17.6 Å². The van der Waals surface area contributed by atoms with Crippen LogP contribution in [-0.2, 0) is 13.5 Å². The van der Waals surface area contributed by atoms with Crippen molar-refractivity contribution in [3.63, 3.8) is 0 Å². The number of hydrogen-bond acceptors (Lipinski definition) is 2. The highest BCUT2D eigenvalue weighted by molar-refractivity contribution is 5.86. The minimum absolute atomic E-state index is 0.178. The Bertz CT molecular complexity index is 514. The molecule has 0 amide bonds. The molecule has 1 N–H and O–H groups in total. The molecule has 3 heteroatoms. The highest BCUT2D eigenvalue weighted by Crippen LogP contribution is 2.28. The third-order valence-electron chi connectivity index (χ3n) is 3.19. The van der Waals surface area contributed by atoms with Crippen molar-refractivity contribution in [2.24, 2.45) is 7.05 Å². The van der Waals surface area contributed by atoms with Gasteiger partial charge in [0.25, 0.3) is 0 Å². The highest BCUT2D eigenvalue weighted by Gasteiger charge is 2.11. The zero-order chi connectivity index (χ0) is 11.7. The topological polar surface area (TPSA) is 34.4 Å². The van der Waals surface area contributed by atoms with Crippen molar-refractivity contribution in [1.29, 1.82) is 0 Å². The fraction of sp³-hybridized carbons (Fsp3) is 0.385. The Hall–Kier alpha value is -1.48. The van der Waals surface area contributed by atoms with Crippen LogP contribution < -0.4 is 4.74 Å². The molecule has 1 aromatic carbocycles. The fourth-order valence-corrected chi connectivity index (χ4v) is 2.18. The minimum Gasteiger partial charge on any atom is -0.497 e. The molecule has 2 rings (SSSR count). The second kappa shape index (κ2) is 4.18. The predicted molar refractivity (Wildman–Crippen MR) is 65.0 cm³/mol. The van der Waals surface area contributed by atoms with Gasteiger partial charge in [0, 0.05) is 30.3 Å². The average molecular weight is 219 g/mol. The summed E-state index contributed by atoms with van der Waals surface area (Å²) in [5, 5.41) is 10.3. The van der Waals surface area contributed by atoms with Crippen LogP contribution in [0.4, 0.5) is 0 Å². The fourth-order valence-electron chi connectivity index (χ4n) is 2.18. The van der Waals surface area contributed by atoms with E-state index in [-0.39, 0.29) is 6.61 Å². The van der Waals surface area contributed by atoms with Crippen LogP contribution in [0.5, 0.6) is 5.75 Å². The molecule has 0 unspecified atom stereocenters. The van der Waals surface area contributed by atoms with E-state index in [9.17, 15) is 0 Å². The molecule has 1 heterocycles. The van der Waals surface area contributed by atoms with Gasteiger partial charge in [0.15, 0.2) is 0 Å². The van der Waals surface area contributed by atoms with Crippen molar-refractivity contribution in [3.8, 4) is 5.75 Å². The quantitative estimate of drug-likeness (QED) is 0.857.